The normalized spacial score (nSPS) is 17.8. The van der Waals surface area contributed by atoms with Gasteiger partial charge in [-0.25, -0.2) is 14.2 Å². The van der Waals surface area contributed by atoms with Gasteiger partial charge in [-0.15, -0.1) is 0 Å². The molecule has 0 atom stereocenters. The zero-order valence-corrected chi connectivity index (χ0v) is 19.8. The molecule has 0 unspecified atom stereocenters. The van der Waals surface area contributed by atoms with Crippen molar-refractivity contribution in [2.75, 3.05) is 31.1 Å². The average molecular weight is 506 g/mol. The van der Waals surface area contributed by atoms with Gasteiger partial charge in [0.15, 0.2) is 0 Å². The molecular weight excluding hydrogens is 482 g/mol. The van der Waals surface area contributed by atoms with Crippen molar-refractivity contribution >= 4 is 41.0 Å². The Kier molecular flexibility index (Phi) is 5.74. The van der Waals surface area contributed by atoms with Crippen LogP contribution in [0.3, 0.4) is 0 Å². The summed E-state index contributed by atoms with van der Waals surface area (Å²) in [5.41, 5.74) is 4.51. The molecule has 3 aliphatic rings. The van der Waals surface area contributed by atoms with Crippen LogP contribution in [0.25, 0.3) is 10.9 Å². The second kappa shape index (κ2) is 8.98. The first-order valence-electron chi connectivity index (χ1n) is 12.1. The molecule has 1 aromatic heterocycles. The molecule has 0 spiro atoms. The number of piperazine rings is 1. The maximum absolute atomic E-state index is 15.2. The van der Waals surface area contributed by atoms with E-state index in [0.29, 0.717) is 55.0 Å². The van der Waals surface area contributed by atoms with E-state index in [1.165, 1.54) is 6.20 Å². The Labute approximate surface area is 211 Å². The van der Waals surface area contributed by atoms with Gasteiger partial charge in [-0.2, -0.15) is 0 Å². The van der Waals surface area contributed by atoms with Crippen molar-refractivity contribution < 1.29 is 28.8 Å². The third-order valence-corrected chi connectivity index (χ3v) is 7.22. The minimum atomic E-state index is -1.33. The summed E-state index contributed by atoms with van der Waals surface area (Å²) >= 11 is 0. The van der Waals surface area contributed by atoms with Crippen LogP contribution >= 0.6 is 0 Å². The number of rotatable bonds is 5. The van der Waals surface area contributed by atoms with Crippen molar-refractivity contribution in [2.45, 2.75) is 25.5 Å². The number of hydrazine groups is 1. The van der Waals surface area contributed by atoms with Gasteiger partial charge in [-0.05, 0) is 48.1 Å². The molecule has 2 aliphatic heterocycles. The fourth-order valence-corrected chi connectivity index (χ4v) is 5.03. The Morgan fingerprint density at radius 3 is 2.57 bits per heavy atom. The number of benzene rings is 2. The fourth-order valence-electron chi connectivity index (χ4n) is 5.03. The number of amides is 1. The molecule has 1 aliphatic carbocycles. The van der Waals surface area contributed by atoms with E-state index < -0.39 is 24.3 Å². The second-order valence-electron chi connectivity index (χ2n) is 9.63. The number of carboxylic acid groups (broad SMARTS) is 1. The van der Waals surface area contributed by atoms with Crippen LogP contribution in [0, 0.1) is 5.82 Å². The van der Waals surface area contributed by atoms with Gasteiger partial charge in [-0.3, -0.25) is 15.0 Å². The Bertz CT molecular complexity index is 1500. The highest BCUT2D eigenvalue weighted by Crippen LogP contribution is 2.38. The predicted octanol–water partition coefficient (Wildman–Crippen LogP) is 0.858. The molecule has 37 heavy (non-hydrogen) atoms. The lowest BCUT2D eigenvalue weighted by Crippen LogP contribution is -2.54. The Hall–Kier alpha value is -3.74. The summed E-state index contributed by atoms with van der Waals surface area (Å²) in [7, 11) is -1.03. The van der Waals surface area contributed by atoms with Crippen LogP contribution in [-0.2, 0) is 11.3 Å². The molecule has 1 saturated carbocycles. The van der Waals surface area contributed by atoms with E-state index in [4.69, 9.17) is 4.65 Å². The monoisotopic (exact) mass is 506 g/mol. The highest BCUT2D eigenvalue weighted by molar-refractivity contribution is 6.61. The van der Waals surface area contributed by atoms with Crippen LogP contribution in [-0.4, -0.2) is 64.9 Å². The van der Waals surface area contributed by atoms with Crippen molar-refractivity contribution in [2.24, 2.45) is 0 Å². The number of nitrogens with zero attached hydrogens (tertiary/aromatic N) is 3. The van der Waals surface area contributed by atoms with Gasteiger partial charge in [0.2, 0.25) is 5.43 Å². The lowest BCUT2D eigenvalue weighted by Gasteiger charge is -2.36. The molecule has 1 amide bonds. The number of aromatic carboxylic acids is 1. The number of halogens is 1. The lowest BCUT2D eigenvalue weighted by molar-refractivity contribution is 0.0694. The first-order chi connectivity index (χ1) is 17.8. The maximum atomic E-state index is 15.2. The van der Waals surface area contributed by atoms with Crippen LogP contribution in [0.4, 0.5) is 10.1 Å². The molecule has 3 N–H and O–H groups in total. The van der Waals surface area contributed by atoms with Gasteiger partial charge >= 0.3 is 13.1 Å². The Balaban J connectivity index is 1.19. The summed E-state index contributed by atoms with van der Waals surface area (Å²) in [6.07, 6.45) is 3.11. The van der Waals surface area contributed by atoms with Crippen LogP contribution in [0.5, 0.6) is 0 Å². The number of carbonyl (C=O) groups excluding carboxylic acids is 1. The highest BCUT2D eigenvalue weighted by atomic mass is 19.1. The first-order valence-corrected chi connectivity index (χ1v) is 12.1. The lowest BCUT2D eigenvalue weighted by atomic mass is 9.79. The van der Waals surface area contributed by atoms with Crippen LogP contribution in [0.2, 0.25) is 0 Å². The Morgan fingerprint density at radius 2 is 1.86 bits per heavy atom. The molecule has 12 heteroatoms. The summed E-state index contributed by atoms with van der Waals surface area (Å²) in [6, 6.07) is 7.93. The molecule has 2 aromatic carbocycles. The predicted molar refractivity (Wildman–Crippen MR) is 133 cm³/mol. The standard InChI is InChI=1S/C25H24BFN4O6/c27-20-10-17-21(31(16-3-4-16)12-18(23(17)32)25(34)35)11-22(20)29-5-7-30(8-6-29)28-24(33)14-1-2-15-13-37-26(36)19(15)9-14/h1-2,9-12,16,36H,3-8,13H2,(H,28,33)(H,34,35). The molecule has 0 bridgehead atoms. The van der Waals surface area contributed by atoms with Crippen molar-refractivity contribution in [1.82, 2.24) is 15.0 Å². The van der Waals surface area contributed by atoms with Crippen molar-refractivity contribution in [3.8, 4) is 0 Å². The van der Waals surface area contributed by atoms with Crippen LogP contribution < -0.4 is 21.2 Å². The zero-order valence-electron chi connectivity index (χ0n) is 19.8. The van der Waals surface area contributed by atoms with Gasteiger partial charge < -0.3 is 24.3 Å². The van der Waals surface area contributed by atoms with E-state index in [9.17, 15) is 24.5 Å². The summed E-state index contributed by atoms with van der Waals surface area (Å²) < 4.78 is 22.1. The van der Waals surface area contributed by atoms with Gasteiger partial charge in [-0.1, -0.05) is 6.07 Å². The molecule has 1 saturated heterocycles. The zero-order chi connectivity index (χ0) is 25.8. The van der Waals surface area contributed by atoms with E-state index in [-0.39, 0.29) is 22.9 Å². The van der Waals surface area contributed by atoms with Gasteiger partial charge in [0.1, 0.15) is 11.4 Å². The number of hydrogen-bond acceptors (Lipinski definition) is 7. The molecular formula is C25H24BFN4O6. The first kappa shape index (κ1) is 23.7. The average Bonchev–Trinajstić information content (AvgIpc) is 3.67. The van der Waals surface area contributed by atoms with E-state index >= 15 is 4.39 Å². The van der Waals surface area contributed by atoms with Crippen molar-refractivity contribution in [3.63, 3.8) is 0 Å². The highest BCUT2D eigenvalue weighted by Gasteiger charge is 2.30. The summed E-state index contributed by atoms with van der Waals surface area (Å²) in [4.78, 5) is 38.9. The number of anilines is 1. The number of aromatic nitrogens is 1. The number of pyridine rings is 1. The van der Waals surface area contributed by atoms with Crippen LogP contribution in [0.1, 0.15) is 45.2 Å². The molecule has 6 rings (SSSR count). The Morgan fingerprint density at radius 1 is 1.11 bits per heavy atom. The van der Waals surface area contributed by atoms with E-state index in [1.54, 1.807) is 33.8 Å². The molecule has 2 fully saturated rings. The molecule has 10 nitrogen and oxygen atoms in total. The summed E-state index contributed by atoms with van der Waals surface area (Å²) in [5.74, 6) is -2.23. The summed E-state index contributed by atoms with van der Waals surface area (Å²) in [6.45, 7) is 2.05. The molecule has 0 radical (unpaired) electrons. The minimum Gasteiger partial charge on any atom is -0.477 e. The molecule has 3 heterocycles. The van der Waals surface area contributed by atoms with Gasteiger partial charge in [0.25, 0.3) is 5.91 Å². The third-order valence-electron chi connectivity index (χ3n) is 7.22. The summed E-state index contributed by atoms with van der Waals surface area (Å²) in [5, 5.41) is 21.1. The maximum Gasteiger partial charge on any atom is 0.491 e. The largest absolute Gasteiger partial charge is 0.491 e. The van der Waals surface area contributed by atoms with Crippen molar-refractivity contribution in [1.29, 1.82) is 0 Å². The number of fused-ring (bicyclic) bond motifs is 2. The minimum absolute atomic E-state index is 0.0591. The molecule has 3 aromatic rings. The smallest absolute Gasteiger partial charge is 0.477 e. The number of nitrogens with one attached hydrogen (secondary N) is 1. The van der Waals surface area contributed by atoms with Crippen LogP contribution in [0.15, 0.2) is 41.3 Å². The molecule has 190 valence electrons. The second-order valence-corrected chi connectivity index (χ2v) is 9.63. The number of carboxylic acids is 1. The number of hydrogen-bond donors (Lipinski definition) is 3. The van der Waals surface area contributed by atoms with E-state index in [2.05, 4.69) is 5.43 Å². The van der Waals surface area contributed by atoms with Gasteiger partial charge in [0, 0.05) is 49.4 Å². The fraction of sp³-hybridized carbons (Fsp3) is 0.320. The topological polar surface area (TPSA) is 124 Å². The van der Waals surface area contributed by atoms with Crippen molar-refractivity contribution in [3.05, 3.63) is 69.3 Å². The van der Waals surface area contributed by atoms with E-state index in [0.717, 1.165) is 24.5 Å². The number of carbonyl (C=O) groups is 2. The quantitative estimate of drug-likeness (QED) is 0.436. The third kappa shape index (κ3) is 4.26. The van der Waals surface area contributed by atoms with E-state index in [1.807, 2.05) is 4.90 Å². The van der Waals surface area contributed by atoms with Gasteiger partial charge in [0.05, 0.1) is 17.8 Å². The SMILES string of the molecule is O=C(NN1CCN(c2cc3c(cc2F)c(=O)c(C(=O)O)cn3C2CC2)CC1)c1ccc2c(c1)B(O)OC2.